The van der Waals surface area contributed by atoms with Crippen LogP contribution in [0.1, 0.15) is 37.7 Å². The summed E-state index contributed by atoms with van der Waals surface area (Å²) >= 11 is 0. The van der Waals surface area contributed by atoms with Crippen molar-refractivity contribution in [3.8, 4) is 0 Å². The molecule has 1 amide bonds. The average Bonchev–Trinajstić information content (AvgIpc) is 2.50. The summed E-state index contributed by atoms with van der Waals surface area (Å²) in [4.78, 5) is 21.7. The molecule has 0 aliphatic heterocycles. The number of aldehydes is 1. The van der Waals surface area contributed by atoms with Gasteiger partial charge in [0.25, 0.3) is 0 Å². The Bertz CT molecular complexity index is 394. The fourth-order valence-electron chi connectivity index (χ4n) is 1.83. The number of unbranched alkanes of at least 4 members (excludes halogenated alkanes) is 2. The number of hydrogen-bond donors (Lipinski definition) is 2. The Morgan fingerprint density at radius 3 is 2.65 bits per heavy atom. The van der Waals surface area contributed by atoms with Crippen LogP contribution in [0.25, 0.3) is 0 Å². The standard InChI is InChI=1S/C15H21NO4/c17-11-14(9-5-2-6-10-15(18)16-19)20-12-13-7-3-1-4-8-13/h1,3-4,7-8,11,14,19H,2,5-6,9-10,12H2,(H,16,18). The number of hydroxylamine groups is 1. The SMILES string of the molecule is O=CC(CCCCCC(=O)NO)OCc1ccccc1. The third-order valence-electron chi connectivity index (χ3n) is 2.98. The number of amides is 1. The quantitative estimate of drug-likeness (QED) is 0.298. The minimum atomic E-state index is -0.401. The van der Waals surface area contributed by atoms with Crippen molar-refractivity contribution >= 4 is 12.2 Å². The van der Waals surface area contributed by atoms with Gasteiger partial charge < -0.3 is 9.53 Å². The Hall–Kier alpha value is -1.72. The summed E-state index contributed by atoms with van der Waals surface area (Å²) in [6, 6.07) is 9.70. The topological polar surface area (TPSA) is 75.6 Å². The van der Waals surface area contributed by atoms with Gasteiger partial charge in [-0.1, -0.05) is 43.2 Å². The maximum absolute atomic E-state index is 10.9. The summed E-state index contributed by atoms with van der Waals surface area (Å²) in [7, 11) is 0. The van der Waals surface area contributed by atoms with Crippen molar-refractivity contribution in [3.63, 3.8) is 0 Å². The van der Waals surface area contributed by atoms with E-state index in [9.17, 15) is 9.59 Å². The van der Waals surface area contributed by atoms with Gasteiger partial charge in [-0.3, -0.25) is 10.0 Å². The number of benzene rings is 1. The number of carbonyl (C=O) groups is 2. The van der Waals surface area contributed by atoms with E-state index in [1.807, 2.05) is 30.3 Å². The Labute approximate surface area is 118 Å². The molecule has 0 saturated carbocycles. The summed E-state index contributed by atoms with van der Waals surface area (Å²) in [5, 5.41) is 8.33. The Morgan fingerprint density at radius 1 is 1.25 bits per heavy atom. The molecule has 0 heterocycles. The predicted octanol–water partition coefficient (Wildman–Crippen LogP) is 2.23. The van der Waals surface area contributed by atoms with Crippen LogP contribution in [0.5, 0.6) is 0 Å². The normalized spacial score (nSPS) is 11.8. The van der Waals surface area contributed by atoms with Crippen molar-refractivity contribution in [1.82, 2.24) is 5.48 Å². The van der Waals surface area contributed by atoms with Gasteiger partial charge in [-0.2, -0.15) is 0 Å². The highest BCUT2D eigenvalue weighted by molar-refractivity contribution is 5.74. The van der Waals surface area contributed by atoms with E-state index in [1.165, 1.54) is 0 Å². The third-order valence-corrected chi connectivity index (χ3v) is 2.98. The largest absolute Gasteiger partial charge is 0.366 e. The summed E-state index contributed by atoms with van der Waals surface area (Å²) < 4.78 is 5.54. The molecule has 110 valence electrons. The van der Waals surface area contributed by atoms with E-state index in [0.717, 1.165) is 24.7 Å². The lowest BCUT2D eigenvalue weighted by Gasteiger charge is -2.11. The zero-order chi connectivity index (χ0) is 14.6. The molecule has 1 atom stereocenters. The molecule has 0 aromatic heterocycles. The molecule has 0 bridgehead atoms. The predicted molar refractivity (Wildman–Crippen MR) is 74.1 cm³/mol. The monoisotopic (exact) mass is 279 g/mol. The first-order chi connectivity index (χ1) is 9.76. The van der Waals surface area contributed by atoms with Crippen molar-refractivity contribution in [2.45, 2.75) is 44.8 Å². The molecule has 0 spiro atoms. The van der Waals surface area contributed by atoms with Crippen LogP contribution in [0.15, 0.2) is 30.3 Å². The minimum Gasteiger partial charge on any atom is -0.366 e. The fourth-order valence-corrected chi connectivity index (χ4v) is 1.83. The minimum absolute atomic E-state index is 0.299. The van der Waals surface area contributed by atoms with Gasteiger partial charge in [-0.15, -0.1) is 0 Å². The van der Waals surface area contributed by atoms with Crippen LogP contribution in [0, 0.1) is 0 Å². The molecule has 0 saturated heterocycles. The molecule has 0 aliphatic carbocycles. The van der Waals surface area contributed by atoms with Gasteiger partial charge >= 0.3 is 0 Å². The number of hydrogen-bond acceptors (Lipinski definition) is 4. The zero-order valence-corrected chi connectivity index (χ0v) is 11.5. The molecule has 0 aliphatic rings. The summed E-state index contributed by atoms with van der Waals surface area (Å²) in [6.45, 7) is 0.428. The Morgan fingerprint density at radius 2 is 2.00 bits per heavy atom. The molecule has 1 aromatic carbocycles. The van der Waals surface area contributed by atoms with Crippen molar-refractivity contribution in [2.75, 3.05) is 0 Å². The molecular weight excluding hydrogens is 258 g/mol. The molecule has 1 aromatic rings. The van der Waals surface area contributed by atoms with E-state index in [2.05, 4.69) is 0 Å². The van der Waals surface area contributed by atoms with Gasteiger partial charge in [0, 0.05) is 6.42 Å². The number of rotatable bonds is 10. The first-order valence-corrected chi connectivity index (χ1v) is 6.80. The van der Waals surface area contributed by atoms with Crippen molar-refractivity contribution in [1.29, 1.82) is 0 Å². The third kappa shape index (κ3) is 7.01. The number of ether oxygens (including phenoxy) is 1. The maximum atomic E-state index is 10.9. The van der Waals surface area contributed by atoms with Crippen LogP contribution in [-0.4, -0.2) is 23.5 Å². The molecule has 0 fully saturated rings. The molecular formula is C15H21NO4. The zero-order valence-electron chi connectivity index (χ0n) is 11.5. The number of carbonyl (C=O) groups excluding carboxylic acids is 2. The smallest absolute Gasteiger partial charge is 0.243 e. The van der Waals surface area contributed by atoms with E-state index in [0.29, 0.717) is 25.9 Å². The van der Waals surface area contributed by atoms with E-state index < -0.39 is 6.10 Å². The van der Waals surface area contributed by atoms with Crippen molar-refractivity contribution in [2.24, 2.45) is 0 Å². The van der Waals surface area contributed by atoms with Gasteiger partial charge in [-0.25, -0.2) is 5.48 Å². The highest BCUT2D eigenvalue weighted by Crippen LogP contribution is 2.10. The van der Waals surface area contributed by atoms with Gasteiger partial charge in [0.15, 0.2) is 0 Å². The Balaban J connectivity index is 2.13. The van der Waals surface area contributed by atoms with E-state index in [1.54, 1.807) is 5.48 Å². The Kier molecular flexibility index (Phi) is 8.26. The van der Waals surface area contributed by atoms with Crippen LogP contribution in [0.3, 0.4) is 0 Å². The average molecular weight is 279 g/mol. The molecule has 20 heavy (non-hydrogen) atoms. The maximum Gasteiger partial charge on any atom is 0.243 e. The van der Waals surface area contributed by atoms with E-state index in [-0.39, 0.29) is 5.91 Å². The van der Waals surface area contributed by atoms with Crippen molar-refractivity contribution in [3.05, 3.63) is 35.9 Å². The van der Waals surface area contributed by atoms with Crippen molar-refractivity contribution < 1.29 is 19.5 Å². The molecule has 0 radical (unpaired) electrons. The van der Waals surface area contributed by atoms with E-state index >= 15 is 0 Å². The van der Waals surface area contributed by atoms with Gasteiger partial charge in [0.2, 0.25) is 5.91 Å². The second-order valence-corrected chi connectivity index (χ2v) is 4.61. The van der Waals surface area contributed by atoms with Crippen LogP contribution in [0.4, 0.5) is 0 Å². The van der Waals surface area contributed by atoms with Crippen LogP contribution in [0.2, 0.25) is 0 Å². The van der Waals surface area contributed by atoms with Gasteiger partial charge in [0.05, 0.1) is 6.61 Å². The lowest BCUT2D eigenvalue weighted by Crippen LogP contribution is -2.18. The van der Waals surface area contributed by atoms with Gasteiger partial charge in [-0.05, 0) is 18.4 Å². The second kappa shape index (κ2) is 10.1. The summed E-state index contributed by atoms with van der Waals surface area (Å²) in [6.07, 6.45) is 3.70. The first kappa shape index (κ1) is 16.3. The highest BCUT2D eigenvalue weighted by atomic mass is 16.5. The molecule has 2 N–H and O–H groups in total. The van der Waals surface area contributed by atoms with Crippen LogP contribution >= 0.6 is 0 Å². The lowest BCUT2D eigenvalue weighted by atomic mass is 10.1. The van der Waals surface area contributed by atoms with Gasteiger partial charge in [0.1, 0.15) is 12.4 Å². The summed E-state index contributed by atoms with van der Waals surface area (Å²) in [5.74, 6) is -0.378. The van der Waals surface area contributed by atoms with Crippen LogP contribution in [-0.2, 0) is 20.9 Å². The molecule has 5 heteroatoms. The lowest BCUT2D eigenvalue weighted by molar-refractivity contribution is -0.129. The second-order valence-electron chi connectivity index (χ2n) is 4.61. The molecule has 5 nitrogen and oxygen atoms in total. The van der Waals surface area contributed by atoms with Crippen LogP contribution < -0.4 is 5.48 Å². The number of nitrogens with one attached hydrogen (secondary N) is 1. The molecule has 1 rings (SSSR count). The summed E-state index contributed by atoms with van der Waals surface area (Å²) in [5.41, 5.74) is 2.64. The first-order valence-electron chi connectivity index (χ1n) is 6.80. The fraction of sp³-hybridized carbons (Fsp3) is 0.467. The molecule has 1 unspecified atom stereocenters. The van der Waals surface area contributed by atoms with E-state index in [4.69, 9.17) is 9.94 Å². The highest BCUT2D eigenvalue weighted by Gasteiger charge is 2.08.